The van der Waals surface area contributed by atoms with Gasteiger partial charge in [0.15, 0.2) is 5.96 Å². The SMILES string of the molecule is CCCCCC(C)NC(=NCC(O)c1cc(OC)ccc1OC)NCC. The van der Waals surface area contributed by atoms with Crippen molar-refractivity contribution in [2.75, 3.05) is 27.3 Å². The molecule has 2 atom stereocenters. The third-order valence-corrected chi connectivity index (χ3v) is 4.19. The van der Waals surface area contributed by atoms with Gasteiger partial charge >= 0.3 is 0 Å². The Kier molecular flexibility index (Phi) is 10.5. The first-order chi connectivity index (χ1) is 12.5. The van der Waals surface area contributed by atoms with Crippen LogP contribution in [0.4, 0.5) is 0 Å². The Morgan fingerprint density at radius 1 is 1.19 bits per heavy atom. The molecule has 0 saturated heterocycles. The van der Waals surface area contributed by atoms with Crippen LogP contribution in [0.5, 0.6) is 11.5 Å². The maximum Gasteiger partial charge on any atom is 0.191 e. The van der Waals surface area contributed by atoms with Crippen LogP contribution in [-0.2, 0) is 0 Å². The number of hydrogen-bond acceptors (Lipinski definition) is 4. The van der Waals surface area contributed by atoms with E-state index in [9.17, 15) is 5.11 Å². The van der Waals surface area contributed by atoms with Gasteiger partial charge in [0.1, 0.15) is 17.6 Å². The Bertz CT molecular complexity index is 549. The van der Waals surface area contributed by atoms with Crippen LogP contribution >= 0.6 is 0 Å². The van der Waals surface area contributed by atoms with Gasteiger partial charge in [-0.05, 0) is 38.5 Å². The molecule has 0 saturated carbocycles. The van der Waals surface area contributed by atoms with Crippen LogP contribution in [-0.4, -0.2) is 44.4 Å². The number of aliphatic hydroxyl groups excluding tert-OH is 1. The number of ether oxygens (including phenoxy) is 2. The summed E-state index contributed by atoms with van der Waals surface area (Å²) in [5, 5.41) is 17.2. The zero-order valence-electron chi connectivity index (χ0n) is 16.8. The average Bonchev–Trinajstić information content (AvgIpc) is 2.65. The fourth-order valence-corrected chi connectivity index (χ4v) is 2.70. The van der Waals surface area contributed by atoms with Gasteiger partial charge in [0.2, 0.25) is 0 Å². The molecule has 0 aliphatic carbocycles. The smallest absolute Gasteiger partial charge is 0.191 e. The van der Waals surface area contributed by atoms with Crippen molar-refractivity contribution >= 4 is 5.96 Å². The number of hydrogen-bond donors (Lipinski definition) is 3. The molecule has 26 heavy (non-hydrogen) atoms. The van der Waals surface area contributed by atoms with E-state index in [0.29, 0.717) is 23.1 Å². The number of aliphatic hydroxyl groups is 1. The molecule has 2 unspecified atom stereocenters. The standard InChI is InChI=1S/C20H35N3O3/c1-6-8-9-10-15(3)23-20(21-7-2)22-14-18(24)17-13-16(25-4)11-12-19(17)26-5/h11-13,15,18,24H,6-10,14H2,1-5H3,(H2,21,22,23). The van der Waals surface area contributed by atoms with Crippen molar-refractivity contribution in [3.05, 3.63) is 23.8 Å². The molecule has 0 aliphatic heterocycles. The number of benzene rings is 1. The van der Waals surface area contributed by atoms with E-state index >= 15 is 0 Å². The molecule has 1 rings (SSSR count). The highest BCUT2D eigenvalue weighted by Gasteiger charge is 2.15. The zero-order valence-corrected chi connectivity index (χ0v) is 16.8. The maximum absolute atomic E-state index is 10.6. The summed E-state index contributed by atoms with van der Waals surface area (Å²) < 4.78 is 10.6. The fourth-order valence-electron chi connectivity index (χ4n) is 2.70. The molecule has 6 nitrogen and oxygen atoms in total. The van der Waals surface area contributed by atoms with Crippen LogP contribution < -0.4 is 20.1 Å². The van der Waals surface area contributed by atoms with E-state index in [0.717, 1.165) is 18.9 Å². The monoisotopic (exact) mass is 365 g/mol. The quantitative estimate of drug-likeness (QED) is 0.319. The van der Waals surface area contributed by atoms with Crippen LogP contribution in [0.2, 0.25) is 0 Å². The first-order valence-corrected chi connectivity index (χ1v) is 9.50. The third-order valence-electron chi connectivity index (χ3n) is 4.19. The topological polar surface area (TPSA) is 75.1 Å². The number of nitrogens with zero attached hydrogens (tertiary/aromatic N) is 1. The van der Waals surface area contributed by atoms with Crippen molar-refractivity contribution in [2.45, 2.75) is 58.6 Å². The lowest BCUT2D eigenvalue weighted by atomic mass is 10.1. The lowest BCUT2D eigenvalue weighted by Gasteiger charge is -2.19. The van der Waals surface area contributed by atoms with Gasteiger partial charge in [0, 0.05) is 18.2 Å². The normalized spacial score (nSPS) is 13.8. The van der Waals surface area contributed by atoms with Gasteiger partial charge in [-0.15, -0.1) is 0 Å². The molecule has 0 spiro atoms. The van der Waals surface area contributed by atoms with Gasteiger partial charge in [-0.1, -0.05) is 26.2 Å². The van der Waals surface area contributed by atoms with Gasteiger partial charge in [-0.2, -0.15) is 0 Å². The van der Waals surface area contributed by atoms with Gasteiger partial charge in [0.25, 0.3) is 0 Å². The molecule has 0 fully saturated rings. The van der Waals surface area contributed by atoms with Crippen LogP contribution in [0, 0.1) is 0 Å². The summed E-state index contributed by atoms with van der Waals surface area (Å²) >= 11 is 0. The van der Waals surface area contributed by atoms with Gasteiger partial charge in [-0.25, -0.2) is 0 Å². The molecule has 6 heteroatoms. The molecule has 0 aromatic heterocycles. The second kappa shape index (κ2) is 12.4. The molecule has 0 radical (unpaired) electrons. The Balaban J connectivity index is 2.76. The minimum absolute atomic E-state index is 0.237. The van der Waals surface area contributed by atoms with Crippen molar-refractivity contribution in [1.29, 1.82) is 0 Å². The van der Waals surface area contributed by atoms with Crippen LogP contribution in [0.25, 0.3) is 0 Å². The first-order valence-electron chi connectivity index (χ1n) is 9.50. The van der Waals surface area contributed by atoms with Crippen LogP contribution in [0.1, 0.15) is 58.1 Å². The highest BCUT2D eigenvalue weighted by atomic mass is 16.5. The number of unbranched alkanes of at least 4 members (excludes halogenated alkanes) is 2. The maximum atomic E-state index is 10.6. The Hall–Kier alpha value is -1.95. The zero-order chi connectivity index (χ0) is 19.4. The molecule has 0 amide bonds. The molecule has 3 N–H and O–H groups in total. The van der Waals surface area contributed by atoms with Gasteiger partial charge in [0.05, 0.1) is 20.8 Å². The molecule has 1 aromatic carbocycles. The summed E-state index contributed by atoms with van der Waals surface area (Å²) in [5.74, 6) is 2.02. The average molecular weight is 366 g/mol. The van der Waals surface area contributed by atoms with Crippen molar-refractivity contribution < 1.29 is 14.6 Å². The molecular formula is C20H35N3O3. The predicted molar refractivity (Wildman–Crippen MR) is 107 cm³/mol. The summed E-state index contributed by atoms with van der Waals surface area (Å²) in [7, 11) is 3.19. The van der Waals surface area contributed by atoms with E-state index in [4.69, 9.17) is 9.47 Å². The number of aliphatic imine (C=N–C) groups is 1. The molecule has 148 valence electrons. The van der Waals surface area contributed by atoms with E-state index in [1.54, 1.807) is 26.4 Å². The van der Waals surface area contributed by atoms with Crippen molar-refractivity contribution in [3.8, 4) is 11.5 Å². The second-order valence-corrected chi connectivity index (χ2v) is 6.38. The van der Waals surface area contributed by atoms with Crippen molar-refractivity contribution in [1.82, 2.24) is 10.6 Å². The van der Waals surface area contributed by atoms with E-state index in [-0.39, 0.29) is 6.54 Å². The number of methoxy groups -OCH3 is 2. The number of rotatable bonds is 11. The van der Waals surface area contributed by atoms with Gasteiger partial charge < -0.3 is 25.2 Å². The molecule has 1 aromatic rings. The second-order valence-electron chi connectivity index (χ2n) is 6.38. The lowest BCUT2D eigenvalue weighted by Crippen LogP contribution is -2.42. The molecular weight excluding hydrogens is 330 g/mol. The molecule has 0 heterocycles. The first kappa shape index (κ1) is 22.1. The highest BCUT2D eigenvalue weighted by molar-refractivity contribution is 5.80. The largest absolute Gasteiger partial charge is 0.497 e. The van der Waals surface area contributed by atoms with Crippen LogP contribution in [0.3, 0.4) is 0 Å². The summed E-state index contributed by atoms with van der Waals surface area (Å²) in [6.07, 6.45) is 3.99. The van der Waals surface area contributed by atoms with E-state index < -0.39 is 6.10 Å². The Labute approximate surface area is 158 Å². The number of guanidine groups is 1. The predicted octanol–water partition coefficient (Wildman–Crippen LogP) is 3.26. The van der Waals surface area contributed by atoms with E-state index in [2.05, 4.69) is 29.5 Å². The van der Waals surface area contributed by atoms with Crippen LogP contribution in [0.15, 0.2) is 23.2 Å². The van der Waals surface area contributed by atoms with Gasteiger partial charge in [-0.3, -0.25) is 4.99 Å². The fraction of sp³-hybridized carbons (Fsp3) is 0.650. The Morgan fingerprint density at radius 2 is 1.96 bits per heavy atom. The van der Waals surface area contributed by atoms with Crippen molar-refractivity contribution in [2.24, 2.45) is 4.99 Å². The summed E-state index contributed by atoms with van der Waals surface area (Å²) in [4.78, 5) is 4.54. The minimum Gasteiger partial charge on any atom is -0.497 e. The summed E-state index contributed by atoms with van der Waals surface area (Å²) in [6.45, 7) is 7.40. The summed E-state index contributed by atoms with van der Waals surface area (Å²) in [6, 6.07) is 5.72. The Morgan fingerprint density at radius 3 is 2.58 bits per heavy atom. The number of nitrogens with one attached hydrogen (secondary N) is 2. The molecule has 0 bridgehead atoms. The highest BCUT2D eigenvalue weighted by Crippen LogP contribution is 2.29. The molecule has 0 aliphatic rings. The van der Waals surface area contributed by atoms with E-state index in [1.807, 2.05) is 13.0 Å². The summed E-state index contributed by atoms with van der Waals surface area (Å²) in [5.41, 5.74) is 0.669. The minimum atomic E-state index is -0.772. The van der Waals surface area contributed by atoms with Crippen molar-refractivity contribution in [3.63, 3.8) is 0 Å². The lowest BCUT2D eigenvalue weighted by molar-refractivity contribution is 0.182. The third kappa shape index (κ3) is 7.52. The van der Waals surface area contributed by atoms with E-state index in [1.165, 1.54) is 19.3 Å².